The van der Waals surface area contributed by atoms with Crippen molar-refractivity contribution in [1.29, 1.82) is 0 Å². The molecule has 0 spiro atoms. The Morgan fingerprint density at radius 1 is 1.22 bits per heavy atom. The lowest BCUT2D eigenvalue weighted by atomic mass is 9.79. The lowest BCUT2D eigenvalue weighted by Gasteiger charge is -2.42. The number of ether oxygens (including phenoxy) is 1. The fraction of sp³-hybridized carbons (Fsp3) is 0.885. The summed E-state index contributed by atoms with van der Waals surface area (Å²) in [6.07, 6.45) is 2.07. The van der Waals surface area contributed by atoms with E-state index in [4.69, 9.17) is 9.26 Å². The fourth-order valence-corrected chi connectivity index (χ4v) is 5.94. The van der Waals surface area contributed by atoms with Crippen molar-refractivity contribution < 1.29 is 27.2 Å². The van der Waals surface area contributed by atoms with Crippen molar-refractivity contribution in [3.63, 3.8) is 0 Å². The summed E-state index contributed by atoms with van der Waals surface area (Å²) in [6, 6.07) is -1.42. The minimum Gasteiger partial charge on any atom is -0.371 e. The largest absolute Gasteiger partial charge is 0.371 e. The quantitative estimate of drug-likeness (QED) is 0.575. The Kier molecular flexibility index (Phi) is 7.48. The third-order valence-electron chi connectivity index (χ3n) is 8.81. The van der Waals surface area contributed by atoms with Gasteiger partial charge in [0.1, 0.15) is 12.2 Å². The number of alkyl halides is 3. The number of halogens is 3. The maximum absolute atomic E-state index is 15.0. The number of carbonyl (C=O) groups is 1. The number of hydrogen-bond donors (Lipinski definition) is 1. The van der Waals surface area contributed by atoms with E-state index >= 15 is 8.78 Å². The van der Waals surface area contributed by atoms with Gasteiger partial charge >= 0.3 is 6.03 Å². The Bertz CT molecular complexity index is 952. The van der Waals surface area contributed by atoms with Crippen LogP contribution in [-0.4, -0.2) is 88.5 Å². The zero-order chi connectivity index (χ0) is 26.4. The molecule has 1 unspecified atom stereocenters. The standard InChI is InChI=1S/C26H40F3N5O3/c1-16(2)34-10-6-18(15-34)36-20-5-4-7-26(28,29)22(20)31-24(35)33-11-8-25(3,9-12-33)23-30-21(37-32-23)14-17-13-19(17)27/h16-20,22H,4-15H2,1-3H3,(H,31,35)/t17?,18-,19+,20+,22-/m1/s1. The normalized spacial score (nSPS) is 33.6. The molecule has 11 heteroatoms. The summed E-state index contributed by atoms with van der Waals surface area (Å²) in [4.78, 5) is 21.5. The zero-order valence-electron chi connectivity index (χ0n) is 22.1. The molecule has 4 fully saturated rings. The molecule has 2 saturated carbocycles. The average Bonchev–Trinajstić information content (AvgIpc) is 3.20. The van der Waals surface area contributed by atoms with Crippen LogP contribution < -0.4 is 5.32 Å². The molecule has 2 amide bonds. The van der Waals surface area contributed by atoms with E-state index in [0.717, 1.165) is 19.5 Å². The molecular weight excluding hydrogens is 487 g/mol. The Morgan fingerprint density at radius 3 is 2.59 bits per heavy atom. The summed E-state index contributed by atoms with van der Waals surface area (Å²) in [5, 5.41) is 6.78. The molecule has 1 aromatic heterocycles. The number of likely N-dealkylation sites (tertiary alicyclic amines) is 2. The molecule has 5 atom stereocenters. The van der Waals surface area contributed by atoms with E-state index in [1.165, 1.54) is 0 Å². The molecule has 0 aromatic carbocycles. The molecule has 3 heterocycles. The number of aromatic nitrogens is 2. The molecular formula is C26H40F3N5O3. The van der Waals surface area contributed by atoms with Gasteiger partial charge in [0.05, 0.1) is 12.2 Å². The molecule has 2 saturated heterocycles. The van der Waals surface area contributed by atoms with Gasteiger partial charge in [0.15, 0.2) is 5.82 Å². The van der Waals surface area contributed by atoms with Gasteiger partial charge in [0.25, 0.3) is 5.92 Å². The van der Waals surface area contributed by atoms with Crippen LogP contribution in [0, 0.1) is 5.92 Å². The van der Waals surface area contributed by atoms with E-state index in [-0.39, 0.29) is 23.9 Å². The highest BCUT2D eigenvalue weighted by atomic mass is 19.3. The predicted molar refractivity (Wildman–Crippen MR) is 130 cm³/mol. The highest BCUT2D eigenvalue weighted by molar-refractivity contribution is 5.75. The third-order valence-corrected chi connectivity index (χ3v) is 8.81. The summed E-state index contributed by atoms with van der Waals surface area (Å²) in [7, 11) is 0. The number of carbonyl (C=O) groups excluding carboxylic acids is 1. The van der Waals surface area contributed by atoms with Crippen LogP contribution in [0.15, 0.2) is 4.52 Å². The maximum Gasteiger partial charge on any atom is 0.317 e. The number of hydrogen-bond acceptors (Lipinski definition) is 6. The highest BCUT2D eigenvalue weighted by Crippen LogP contribution is 2.39. The second kappa shape index (κ2) is 10.4. The first-order valence-electron chi connectivity index (χ1n) is 13.8. The van der Waals surface area contributed by atoms with Crippen molar-refractivity contribution in [2.24, 2.45) is 5.92 Å². The van der Waals surface area contributed by atoms with E-state index in [9.17, 15) is 9.18 Å². The first-order chi connectivity index (χ1) is 17.5. The molecule has 5 rings (SSSR count). The molecule has 2 aliphatic carbocycles. The summed E-state index contributed by atoms with van der Waals surface area (Å²) in [6.45, 7) is 8.69. The number of urea groups is 1. The van der Waals surface area contributed by atoms with Gasteiger partial charge < -0.3 is 19.5 Å². The van der Waals surface area contributed by atoms with Gasteiger partial charge in [-0.2, -0.15) is 4.98 Å². The van der Waals surface area contributed by atoms with Crippen LogP contribution in [0.5, 0.6) is 0 Å². The second-order valence-electron chi connectivity index (χ2n) is 12.0. The average molecular weight is 528 g/mol. The van der Waals surface area contributed by atoms with Gasteiger partial charge in [-0.3, -0.25) is 4.90 Å². The van der Waals surface area contributed by atoms with Crippen molar-refractivity contribution in [3.8, 4) is 0 Å². The van der Waals surface area contributed by atoms with Crippen molar-refractivity contribution in [2.45, 2.75) is 114 Å². The van der Waals surface area contributed by atoms with Crippen LogP contribution in [0.1, 0.15) is 77.4 Å². The van der Waals surface area contributed by atoms with E-state index in [1.807, 2.05) is 6.92 Å². The van der Waals surface area contributed by atoms with Gasteiger partial charge in [0, 0.05) is 56.4 Å². The number of piperidine rings is 1. The molecule has 1 N–H and O–H groups in total. The van der Waals surface area contributed by atoms with Crippen molar-refractivity contribution in [2.75, 3.05) is 26.2 Å². The minimum absolute atomic E-state index is 0.0276. The molecule has 8 nitrogen and oxygen atoms in total. The molecule has 4 aliphatic rings. The summed E-state index contributed by atoms with van der Waals surface area (Å²) < 4.78 is 54.8. The van der Waals surface area contributed by atoms with Crippen molar-refractivity contribution >= 4 is 6.03 Å². The smallest absolute Gasteiger partial charge is 0.317 e. The molecule has 2 aliphatic heterocycles. The van der Waals surface area contributed by atoms with Gasteiger partial charge in [-0.15, -0.1) is 0 Å². The zero-order valence-corrected chi connectivity index (χ0v) is 22.1. The number of rotatable bonds is 7. The van der Waals surface area contributed by atoms with Gasteiger partial charge in [0.2, 0.25) is 5.89 Å². The number of amides is 2. The maximum atomic E-state index is 15.0. The monoisotopic (exact) mass is 527 g/mol. The van der Waals surface area contributed by atoms with Crippen LogP contribution >= 0.6 is 0 Å². The molecule has 0 radical (unpaired) electrons. The van der Waals surface area contributed by atoms with Gasteiger partial charge in [-0.05, 0) is 52.4 Å². The Morgan fingerprint density at radius 2 is 1.95 bits per heavy atom. The van der Waals surface area contributed by atoms with Gasteiger partial charge in [-0.1, -0.05) is 12.1 Å². The van der Waals surface area contributed by atoms with E-state index < -0.39 is 30.3 Å². The van der Waals surface area contributed by atoms with Crippen LogP contribution in [0.25, 0.3) is 0 Å². The summed E-state index contributed by atoms with van der Waals surface area (Å²) in [5.41, 5.74) is -0.387. The number of nitrogens with zero attached hydrogens (tertiary/aromatic N) is 4. The Labute approximate surface area is 216 Å². The van der Waals surface area contributed by atoms with Crippen LogP contribution in [0.4, 0.5) is 18.0 Å². The SMILES string of the molecule is CC(C)N1CC[C@@H](O[C@H]2CCCC(F)(F)[C@@H]2NC(=O)N2CCC(C)(c3noc(CC4C[C@@H]4F)n3)CC2)C1. The Hall–Kier alpha value is -1.88. The van der Waals surface area contributed by atoms with Crippen LogP contribution in [0.2, 0.25) is 0 Å². The van der Waals surface area contributed by atoms with Crippen molar-refractivity contribution in [3.05, 3.63) is 11.7 Å². The van der Waals surface area contributed by atoms with E-state index in [1.54, 1.807) is 4.90 Å². The Balaban J connectivity index is 1.16. The minimum atomic E-state index is -3.01. The first-order valence-corrected chi connectivity index (χ1v) is 13.8. The molecule has 37 heavy (non-hydrogen) atoms. The molecule has 208 valence electrons. The number of nitrogens with one attached hydrogen (secondary N) is 1. The van der Waals surface area contributed by atoms with Crippen LogP contribution in [-0.2, 0) is 16.6 Å². The van der Waals surface area contributed by atoms with E-state index in [0.29, 0.717) is 69.4 Å². The van der Waals surface area contributed by atoms with Crippen LogP contribution in [0.3, 0.4) is 0 Å². The molecule has 1 aromatic rings. The summed E-state index contributed by atoms with van der Waals surface area (Å²) >= 11 is 0. The second-order valence-corrected chi connectivity index (χ2v) is 12.0. The third kappa shape index (κ3) is 5.92. The van der Waals surface area contributed by atoms with Gasteiger partial charge in [-0.25, -0.2) is 18.0 Å². The lowest BCUT2D eigenvalue weighted by molar-refractivity contribution is -0.138. The highest BCUT2D eigenvalue weighted by Gasteiger charge is 2.50. The molecule has 0 bridgehead atoms. The van der Waals surface area contributed by atoms with E-state index in [2.05, 4.69) is 34.2 Å². The topological polar surface area (TPSA) is 83.7 Å². The first kappa shape index (κ1) is 26.7. The van der Waals surface area contributed by atoms with Crippen molar-refractivity contribution in [1.82, 2.24) is 25.3 Å². The lowest BCUT2D eigenvalue weighted by Crippen LogP contribution is -2.61. The fourth-order valence-electron chi connectivity index (χ4n) is 5.94. The summed E-state index contributed by atoms with van der Waals surface area (Å²) in [5.74, 6) is -2.02. The predicted octanol–water partition coefficient (Wildman–Crippen LogP) is 4.09.